The van der Waals surface area contributed by atoms with Crippen molar-refractivity contribution in [3.63, 3.8) is 0 Å². The Morgan fingerprint density at radius 3 is 2.45 bits per heavy atom. The number of nitrogens with zero attached hydrogens (tertiary/aromatic N) is 2. The number of halogens is 1. The average Bonchev–Trinajstić information content (AvgIpc) is 2.42. The van der Waals surface area contributed by atoms with Gasteiger partial charge in [-0.2, -0.15) is 4.98 Å². The molecule has 0 atom stereocenters. The Morgan fingerprint density at radius 2 is 1.90 bits per heavy atom. The number of carboxylic acid groups (broad SMARTS) is 1. The first-order valence-electron chi connectivity index (χ1n) is 5.96. The molecule has 6 heteroatoms. The van der Waals surface area contributed by atoms with Crippen molar-refractivity contribution in [3.8, 4) is 0 Å². The fourth-order valence-electron chi connectivity index (χ4n) is 1.90. The second kappa shape index (κ2) is 5.58. The topological polar surface area (TPSA) is 72.2 Å². The summed E-state index contributed by atoms with van der Waals surface area (Å²) in [5, 5.41) is 8.85. The minimum absolute atomic E-state index is 0.223. The predicted molar refractivity (Wildman–Crippen MR) is 78.2 cm³/mol. The van der Waals surface area contributed by atoms with Crippen LogP contribution in [-0.2, 0) is 6.54 Å². The molecule has 0 spiro atoms. The number of aromatic nitrogens is 2. The van der Waals surface area contributed by atoms with Crippen molar-refractivity contribution in [1.82, 2.24) is 9.55 Å². The zero-order valence-electron chi connectivity index (χ0n) is 11.1. The van der Waals surface area contributed by atoms with E-state index in [1.807, 2.05) is 6.92 Å². The van der Waals surface area contributed by atoms with Gasteiger partial charge in [-0.3, -0.25) is 4.57 Å². The first kappa shape index (κ1) is 14.5. The average molecular weight is 337 g/mol. The lowest BCUT2D eigenvalue weighted by Gasteiger charge is -2.12. The highest BCUT2D eigenvalue weighted by molar-refractivity contribution is 9.10. The minimum Gasteiger partial charge on any atom is -0.478 e. The normalized spacial score (nSPS) is 10.6. The van der Waals surface area contributed by atoms with E-state index in [0.717, 1.165) is 15.7 Å². The lowest BCUT2D eigenvalue weighted by atomic mass is 10.1. The van der Waals surface area contributed by atoms with Crippen LogP contribution in [0, 0.1) is 13.8 Å². The number of hydrogen-bond donors (Lipinski definition) is 1. The summed E-state index contributed by atoms with van der Waals surface area (Å²) in [6.07, 6.45) is 0. The summed E-state index contributed by atoms with van der Waals surface area (Å²) in [5.41, 5.74) is 2.21. The molecule has 1 N–H and O–H groups in total. The summed E-state index contributed by atoms with van der Waals surface area (Å²) >= 11 is 3.41. The van der Waals surface area contributed by atoms with Gasteiger partial charge in [0.25, 0.3) is 0 Å². The van der Waals surface area contributed by atoms with Crippen molar-refractivity contribution in [1.29, 1.82) is 0 Å². The Balaban J connectivity index is 2.38. The molecule has 1 aromatic heterocycles. The molecular weight excluding hydrogens is 324 g/mol. The Morgan fingerprint density at radius 1 is 1.30 bits per heavy atom. The summed E-state index contributed by atoms with van der Waals surface area (Å²) in [6.45, 7) is 3.96. The number of benzene rings is 1. The first-order chi connectivity index (χ1) is 9.40. The van der Waals surface area contributed by atoms with Gasteiger partial charge < -0.3 is 5.11 Å². The molecule has 0 aliphatic heterocycles. The van der Waals surface area contributed by atoms with Crippen LogP contribution in [-0.4, -0.2) is 20.6 Å². The van der Waals surface area contributed by atoms with E-state index >= 15 is 0 Å². The molecule has 0 saturated heterocycles. The third kappa shape index (κ3) is 2.80. The Hall–Kier alpha value is -1.95. The molecular formula is C14H13BrN2O3. The fourth-order valence-corrected chi connectivity index (χ4v) is 2.20. The van der Waals surface area contributed by atoms with Gasteiger partial charge in [0.05, 0.1) is 22.3 Å². The number of carbonyl (C=O) groups is 1. The van der Waals surface area contributed by atoms with E-state index < -0.39 is 5.97 Å². The smallest absolute Gasteiger partial charge is 0.348 e. The van der Waals surface area contributed by atoms with Crippen LogP contribution in [0.15, 0.2) is 33.5 Å². The van der Waals surface area contributed by atoms with Gasteiger partial charge in [-0.1, -0.05) is 12.1 Å². The van der Waals surface area contributed by atoms with Crippen LogP contribution < -0.4 is 5.69 Å². The lowest BCUT2D eigenvalue weighted by Crippen LogP contribution is -2.26. The fraction of sp³-hybridized carbons (Fsp3) is 0.214. The molecule has 0 amide bonds. The van der Waals surface area contributed by atoms with E-state index in [-0.39, 0.29) is 11.3 Å². The number of aryl methyl sites for hydroxylation is 1. The van der Waals surface area contributed by atoms with Gasteiger partial charge in [0, 0.05) is 5.69 Å². The zero-order valence-corrected chi connectivity index (χ0v) is 12.6. The Labute approximate surface area is 124 Å². The number of hydrogen-bond acceptors (Lipinski definition) is 3. The van der Waals surface area contributed by atoms with Crippen LogP contribution in [0.1, 0.15) is 27.3 Å². The van der Waals surface area contributed by atoms with Crippen LogP contribution in [0.4, 0.5) is 0 Å². The second-order valence-electron chi connectivity index (χ2n) is 4.47. The van der Waals surface area contributed by atoms with E-state index in [4.69, 9.17) is 5.11 Å². The SMILES string of the molecule is Cc1nc(=O)n(Cc2ccc(C(=O)O)cc2)c(C)c1Br. The molecule has 0 aliphatic rings. The third-order valence-corrected chi connectivity index (χ3v) is 4.22. The molecule has 0 fully saturated rings. The largest absolute Gasteiger partial charge is 0.478 e. The van der Waals surface area contributed by atoms with E-state index in [9.17, 15) is 9.59 Å². The molecule has 0 saturated carbocycles. The molecule has 0 aliphatic carbocycles. The van der Waals surface area contributed by atoms with Crippen LogP contribution in [0.3, 0.4) is 0 Å². The van der Waals surface area contributed by atoms with Crippen molar-refractivity contribution >= 4 is 21.9 Å². The van der Waals surface area contributed by atoms with Crippen LogP contribution in [0.25, 0.3) is 0 Å². The summed E-state index contributed by atoms with van der Waals surface area (Å²) in [6, 6.07) is 6.44. The molecule has 1 aromatic carbocycles. The minimum atomic E-state index is -0.968. The summed E-state index contributed by atoms with van der Waals surface area (Å²) in [7, 11) is 0. The second-order valence-corrected chi connectivity index (χ2v) is 5.26. The van der Waals surface area contributed by atoms with Gasteiger partial charge in [-0.05, 0) is 47.5 Å². The maximum Gasteiger partial charge on any atom is 0.348 e. The van der Waals surface area contributed by atoms with Crippen molar-refractivity contribution in [3.05, 3.63) is 61.7 Å². The third-order valence-electron chi connectivity index (χ3n) is 3.08. The van der Waals surface area contributed by atoms with E-state index in [0.29, 0.717) is 12.2 Å². The molecule has 0 unspecified atom stereocenters. The predicted octanol–water partition coefficient (Wildman–Crippen LogP) is 2.37. The molecule has 20 heavy (non-hydrogen) atoms. The van der Waals surface area contributed by atoms with Gasteiger partial charge in [0.1, 0.15) is 0 Å². The molecule has 2 rings (SSSR count). The lowest BCUT2D eigenvalue weighted by molar-refractivity contribution is 0.0697. The van der Waals surface area contributed by atoms with Crippen LogP contribution in [0.5, 0.6) is 0 Å². The van der Waals surface area contributed by atoms with Gasteiger partial charge in [-0.25, -0.2) is 9.59 Å². The highest BCUT2D eigenvalue weighted by Crippen LogP contribution is 2.17. The van der Waals surface area contributed by atoms with E-state index in [2.05, 4.69) is 20.9 Å². The molecule has 0 bridgehead atoms. The van der Waals surface area contributed by atoms with Crippen LogP contribution >= 0.6 is 15.9 Å². The van der Waals surface area contributed by atoms with Gasteiger partial charge in [0.15, 0.2) is 0 Å². The summed E-state index contributed by atoms with van der Waals surface area (Å²) in [5.74, 6) is -0.968. The Kier molecular flexibility index (Phi) is 4.04. The highest BCUT2D eigenvalue weighted by atomic mass is 79.9. The van der Waals surface area contributed by atoms with Crippen molar-refractivity contribution in [2.75, 3.05) is 0 Å². The monoisotopic (exact) mass is 336 g/mol. The van der Waals surface area contributed by atoms with Gasteiger partial charge >= 0.3 is 11.7 Å². The first-order valence-corrected chi connectivity index (χ1v) is 6.75. The standard InChI is InChI=1S/C14H13BrN2O3/c1-8-12(15)9(2)17(14(20)16-8)7-10-3-5-11(6-4-10)13(18)19/h3-6H,7H2,1-2H3,(H,18,19). The summed E-state index contributed by atoms with van der Waals surface area (Å²) in [4.78, 5) is 26.7. The highest BCUT2D eigenvalue weighted by Gasteiger charge is 2.10. The van der Waals surface area contributed by atoms with E-state index in [1.165, 1.54) is 12.1 Å². The van der Waals surface area contributed by atoms with Crippen molar-refractivity contribution in [2.45, 2.75) is 20.4 Å². The molecule has 1 heterocycles. The molecule has 104 valence electrons. The molecule has 5 nitrogen and oxygen atoms in total. The van der Waals surface area contributed by atoms with Crippen molar-refractivity contribution < 1.29 is 9.90 Å². The maximum atomic E-state index is 11.9. The zero-order chi connectivity index (χ0) is 14.9. The van der Waals surface area contributed by atoms with Gasteiger partial charge in [0.2, 0.25) is 0 Å². The number of rotatable bonds is 3. The Bertz CT molecular complexity index is 720. The number of carboxylic acids is 1. The molecule has 2 aromatic rings. The number of aromatic carboxylic acids is 1. The quantitative estimate of drug-likeness (QED) is 0.933. The van der Waals surface area contributed by atoms with Crippen LogP contribution in [0.2, 0.25) is 0 Å². The van der Waals surface area contributed by atoms with Gasteiger partial charge in [-0.15, -0.1) is 0 Å². The van der Waals surface area contributed by atoms with Crippen molar-refractivity contribution in [2.24, 2.45) is 0 Å². The van der Waals surface area contributed by atoms with E-state index in [1.54, 1.807) is 23.6 Å². The maximum absolute atomic E-state index is 11.9. The molecule has 0 radical (unpaired) electrons. The summed E-state index contributed by atoms with van der Waals surface area (Å²) < 4.78 is 2.35.